The molecule has 3 aromatic carbocycles. The van der Waals surface area contributed by atoms with Crippen molar-refractivity contribution in [3.05, 3.63) is 106 Å². The van der Waals surface area contributed by atoms with Crippen molar-refractivity contribution in [2.45, 2.75) is 70.4 Å². The lowest BCUT2D eigenvalue weighted by Crippen LogP contribution is -2.58. The van der Waals surface area contributed by atoms with E-state index in [-0.39, 0.29) is 25.9 Å². The Labute approximate surface area is 278 Å². The van der Waals surface area contributed by atoms with E-state index in [0.717, 1.165) is 26.7 Å². The van der Waals surface area contributed by atoms with Gasteiger partial charge in [0.25, 0.3) is 11.8 Å². The van der Waals surface area contributed by atoms with Gasteiger partial charge in [0.2, 0.25) is 0 Å². The number of amides is 3. The number of aliphatic hydroxyl groups is 2. The Kier molecular flexibility index (Phi) is 11.6. The number of halogens is 1. The molecule has 0 aromatic heterocycles. The molecule has 0 aliphatic heterocycles. The first-order valence-electron chi connectivity index (χ1n) is 15.3. The Balaban J connectivity index is 1.60. The molecule has 0 bridgehead atoms. The molecule has 1 aliphatic carbocycles. The molecular formula is C35H43BrN4O6. The molecule has 0 spiro atoms. The molecule has 0 fully saturated rings. The van der Waals surface area contributed by atoms with E-state index in [0.29, 0.717) is 6.42 Å². The molecule has 0 saturated heterocycles. The van der Waals surface area contributed by atoms with Gasteiger partial charge in [-0.05, 0) is 39.8 Å². The van der Waals surface area contributed by atoms with Crippen molar-refractivity contribution in [2.75, 3.05) is 13.7 Å². The lowest BCUT2D eigenvalue weighted by Gasteiger charge is -2.35. The second-order valence-electron chi connectivity index (χ2n) is 12.8. The molecule has 4 atom stereocenters. The summed E-state index contributed by atoms with van der Waals surface area (Å²) in [4.78, 5) is 39.7. The zero-order chi connectivity index (χ0) is 33.5. The molecule has 246 valence electrons. The first-order chi connectivity index (χ1) is 21.8. The quantitative estimate of drug-likeness (QED) is 0.179. The molecule has 0 radical (unpaired) electrons. The number of nitrogens with zero attached hydrogens (tertiary/aromatic N) is 1. The van der Waals surface area contributed by atoms with Gasteiger partial charge >= 0.3 is 6.09 Å². The summed E-state index contributed by atoms with van der Waals surface area (Å²) >= 11 is 3.45. The molecule has 1 aliphatic rings. The molecule has 46 heavy (non-hydrogen) atoms. The smallest absolute Gasteiger partial charge is 0.407 e. The minimum Gasteiger partial charge on any atom is -0.453 e. The fraction of sp³-hybridized carbons (Fsp3) is 0.400. The van der Waals surface area contributed by atoms with Gasteiger partial charge in [0, 0.05) is 36.8 Å². The van der Waals surface area contributed by atoms with E-state index < -0.39 is 47.1 Å². The number of alkyl carbamates (subject to hydrolysis) is 1. The van der Waals surface area contributed by atoms with Crippen LogP contribution in [-0.2, 0) is 33.7 Å². The number of carbonyl (C=O) groups excluding carboxylic acids is 3. The highest BCUT2D eigenvalue weighted by molar-refractivity contribution is 9.10. The van der Waals surface area contributed by atoms with Crippen molar-refractivity contribution in [2.24, 2.45) is 5.41 Å². The standard InChI is InChI=1S/C35H43BrN4O6/c1-34(2,3)30(38-33(44)46-4)31(42)39-40(22-24-14-16-26(36)17-15-24)19-18-35(45,21-23-10-6-5-7-11-23)32(43)37-29-27-13-9-8-12-25(27)20-28(29)41/h5-17,28-30,41,45H,18-22H2,1-4H3,(H,37,43)(H,38,44)(H,39,42)/t28-,29+,30-,35-/m1/s1. The Morgan fingerprint density at radius 2 is 1.63 bits per heavy atom. The topological polar surface area (TPSA) is 140 Å². The summed E-state index contributed by atoms with van der Waals surface area (Å²) in [7, 11) is 1.23. The van der Waals surface area contributed by atoms with Crippen molar-refractivity contribution >= 4 is 33.8 Å². The van der Waals surface area contributed by atoms with Crippen molar-refractivity contribution in [1.29, 1.82) is 0 Å². The highest BCUT2D eigenvalue weighted by Gasteiger charge is 2.41. The van der Waals surface area contributed by atoms with Crippen LogP contribution in [0.3, 0.4) is 0 Å². The monoisotopic (exact) mass is 694 g/mol. The summed E-state index contributed by atoms with van der Waals surface area (Å²) < 4.78 is 5.65. The van der Waals surface area contributed by atoms with E-state index in [1.165, 1.54) is 7.11 Å². The Hall–Kier alpha value is -3.77. The molecular weight excluding hydrogens is 652 g/mol. The minimum atomic E-state index is -1.89. The predicted molar refractivity (Wildman–Crippen MR) is 178 cm³/mol. The SMILES string of the molecule is COC(=O)N[C@H](C(=O)NN(CC[C@@](O)(Cc1ccccc1)C(=O)N[C@H]1c2ccccc2C[C@H]1O)Cc1ccc(Br)cc1)C(C)(C)C. The Morgan fingerprint density at radius 1 is 0.978 bits per heavy atom. The summed E-state index contributed by atoms with van der Waals surface area (Å²) in [6.45, 7) is 5.81. The van der Waals surface area contributed by atoms with Crippen LogP contribution in [0.15, 0.2) is 83.3 Å². The molecule has 0 heterocycles. The largest absolute Gasteiger partial charge is 0.453 e. The van der Waals surface area contributed by atoms with Gasteiger partial charge in [-0.3, -0.25) is 15.0 Å². The Bertz CT molecular complexity index is 1500. The molecule has 5 N–H and O–H groups in total. The van der Waals surface area contributed by atoms with E-state index in [9.17, 15) is 24.6 Å². The van der Waals surface area contributed by atoms with Gasteiger partial charge in [0.15, 0.2) is 0 Å². The van der Waals surface area contributed by atoms with Gasteiger partial charge in [-0.1, -0.05) is 103 Å². The summed E-state index contributed by atoms with van der Waals surface area (Å²) in [6.07, 6.45) is -1.20. The second kappa shape index (κ2) is 15.2. The van der Waals surface area contributed by atoms with Crippen molar-refractivity contribution in [3.63, 3.8) is 0 Å². The highest BCUT2D eigenvalue weighted by Crippen LogP contribution is 2.32. The fourth-order valence-electron chi connectivity index (χ4n) is 5.62. The molecule has 10 nitrogen and oxygen atoms in total. The van der Waals surface area contributed by atoms with Gasteiger partial charge in [0.1, 0.15) is 11.6 Å². The first kappa shape index (κ1) is 35.1. The molecule has 4 rings (SSSR count). The van der Waals surface area contributed by atoms with Crippen LogP contribution >= 0.6 is 15.9 Å². The van der Waals surface area contributed by atoms with Gasteiger partial charge in [-0.2, -0.15) is 0 Å². The number of fused-ring (bicyclic) bond motifs is 1. The second-order valence-corrected chi connectivity index (χ2v) is 13.7. The van der Waals surface area contributed by atoms with Crippen LogP contribution in [0.5, 0.6) is 0 Å². The van der Waals surface area contributed by atoms with Gasteiger partial charge in [0.05, 0.1) is 19.3 Å². The third kappa shape index (κ3) is 9.16. The fourth-order valence-corrected chi connectivity index (χ4v) is 5.88. The summed E-state index contributed by atoms with van der Waals surface area (Å²) in [5.41, 5.74) is 3.76. The molecule has 3 aromatic rings. The summed E-state index contributed by atoms with van der Waals surface area (Å²) in [6, 6.07) is 22.7. The zero-order valence-corrected chi connectivity index (χ0v) is 28.2. The number of hydrogen-bond acceptors (Lipinski definition) is 7. The van der Waals surface area contributed by atoms with E-state index in [1.54, 1.807) is 5.01 Å². The van der Waals surface area contributed by atoms with Crippen LogP contribution in [0.2, 0.25) is 0 Å². The van der Waals surface area contributed by atoms with Gasteiger partial charge in [-0.25, -0.2) is 9.80 Å². The number of benzene rings is 3. The van der Waals surface area contributed by atoms with E-state index in [1.807, 2.05) is 99.6 Å². The summed E-state index contributed by atoms with van der Waals surface area (Å²) in [5.74, 6) is -1.09. The van der Waals surface area contributed by atoms with Crippen molar-refractivity contribution in [3.8, 4) is 0 Å². The number of nitrogens with one attached hydrogen (secondary N) is 3. The Morgan fingerprint density at radius 3 is 2.28 bits per heavy atom. The average Bonchev–Trinajstić information content (AvgIpc) is 3.33. The number of methoxy groups -OCH3 is 1. The van der Waals surface area contributed by atoms with E-state index >= 15 is 0 Å². The minimum absolute atomic E-state index is 0.0126. The first-order valence-corrected chi connectivity index (χ1v) is 16.1. The van der Waals surface area contributed by atoms with E-state index in [2.05, 4.69) is 32.0 Å². The zero-order valence-electron chi connectivity index (χ0n) is 26.6. The normalized spacial score (nSPS) is 17.8. The maximum atomic E-state index is 14.0. The van der Waals surface area contributed by atoms with Crippen LogP contribution in [-0.4, -0.2) is 64.5 Å². The van der Waals surface area contributed by atoms with Crippen LogP contribution in [0.25, 0.3) is 0 Å². The third-order valence-electron chi connectivity index (χ3n) is 8.18. The lowest BCUT2D eigenvalue weighted by molar-refractivity contribution is -0.143. The van der Waals surface area contributed by atoms with Crippen LogP contribution < -0.4 is 16.1 Å². The van der Waals surface area contributed by atoms with Gasteiger partial charge < -0.3 is 25.6 Å². The predicted octanol–water partition coefficient (Wildman–Crippen LogP) is 4.19. The summed E-state index contributed by atoms with van der Waals surface area (Å²) in [5, 5.41) is 30.1. The maximum Gasteiger partial charge on any atom is 0.407 e. The number of hydrogen-bond donors (Lipinski definition) is 5. The number of carbonyl (C=O) groups is 3. The van der Waals surface area contributed by atoms with E-state index in [4.69, 9.17) is 4.74 Å². The van der Waals surface area contributed by atoms with Crippen LogP contribution in [0, 0.1) is 5.41 Å². The molecule has 0 saturated carbocycles. The highest BCUT2D eigenvalue weighted by atomic mass is 79.9. The maximum absolute atomic E-state index is 14.0. The average molecular weight is 696 g/mol. The third-order valence-corrected chi connectivity index (χ3v) is 8.71. The molecule has 0 unspecified atom stereocenters. The number of hydrazine groups is 1. The van der Waals surface area contributed by atoms with Crippen LogP contribution in [0.4, 0.5) is 4.79 Å². The number of ether oxygens (including phenoxy) is 1. The molecule has 11 heteroatoms. The number of rotatable bonds is 12. The van der Waals surface area contributed by atoms with Crippen molar-refractivity contribution in [1.82, 2.24) is 21.1 Å². The molecule has 3 amide bonds. The number of aliphatic hydroxyl groups excluding tert-OH is 1. The van der Waals surface area contributed by atoms with Crippen molar-refractivity contribution < 1.29 is 29.3 Å². The van der Waals surface area contributed by atoms with Gasteiger partial charge in [-0.15, -0.1) is 0 Å². The lowest BCUT2D eigenvalue weighted by atomic mass is 9.86. The van der Waals surface area contributed by atoms with Crippen LogP contribution in [0.1, 0.15) is 55.5 Å².